The molecule has 0 radical (unpaired) electrons. The van der Waals surface area contributed by atoms with Crippen molar-refractivity contribution in [3.63, 3.8) is 0 Å². The Balaban J connectivity index is 3.31. The summed E-state index contributed by atoms with van der Waals surface area (Å²) in [6.07, 6.45) is 7.66. The van der Waals surface area contributed by atoms with Crippen LogP contribution in [0.15, 0.2) is 24.3 Å². The molecule has 0 aliphatic rings. The zero-order valence-corrected chi connectivity index (χ0v) is 19.1. The summed E-state index contributed by atoms with van der Waals surface area (Å²) in [4.78, 5) is 12.5. The van der Waals surface area contributed by atoms with Gasteiger partial charge in [-0.1, -0.05) is 0 Å². The molecule has 0 aliphatic heterocycles. The minimum absolute atomic E-state index is 0.112. The number of carbonyl (C=O) groups is 1. The first-order valence-electron chi connectivity index (χ1n) is 9.91. The van der Waals surface area contributed by atoms with Crippen molar-refractivity contribution in [3.8, 4) is 0 Å². The van der Waals surface area contributed by atoms with E-state index in [1.54, 1.807) is 0 Å². The van der Waals surface area contributed by atoms with Gasteiger partial charge in [0.25, 0.3) is 0 Å². The van der Waals surface area contributed by atoms with Crippen molar-refractivity contribution in [2.24, 2.45) is 0 Å². The van der Waals surface area contributed by atoms with Gasteiger partial charge in [0.2, 0.25) is 0 Å². The predicted octanol–water partition coefficient (Wildman–Crippen LogP) is 5.92. The molecule has 0 N–H and O–H groups in total. The first kappa shape index (κ1) is 21.5. The van der Waals surface area contributed by atoms with Crippen LogP contribution in [0, 0.1) is 0 Å². The van der Waals surface area contributed by atoms with Gasteiger partial charge in [-0.2, -0.15) is 0 Å². The molecule has 2 nitrogen and oxygen atoms in total. The SMILES string of the molecule is CCC[CH2][Sn]([CH2]CCC)([CH2]CCC)[c]1ccccc1C(=O)OCC. The molecule has 1 aromatic rings. The molecular weight excluding hydrogens is 403 g/mol. The third-order valence-corrected chi connectivity index (χ3v) is 20.7. The Hall–Kier alpha value is -0.511. The normalized spacial score (nSPS) is 11.5. The molecule has 1 rings (SSSR count). The van der Waals surface area contributed by atoms with Crippen molar-refractivity contribution in [2.75, 3.05) is 6.61 Å². The van der Waals surface area contributed by atoms with Crippen LogP contribution in [-0.4, -0.2) is 31.0 Å². The number of ether oxygens (including phenoxy) is 1. The number of esters is 1. The van der Waals surface area contributed by atoms with E-state index in [0.717, 1.165) is 5.56 Å². The molecular formula is C21H36O2Sn. The van der Waals surface area contributed by atoms with Gasteiger partial charge >= 0.3 is 153 Å². The molecule has 0 aliphatic carbocycles. The van der Waals surface area contributed by atoms with Crippen molar-refractivity contribution >= 4 is 27.9 Å². The Morgan fingerprint density at radius 1 is 0.875 bits per heavy atom. The van der Waals surface area contributed by atoms with E-state index in [4.69, 9.17) is 4.74 Å². The summed E-state index contributed by atoms with van der Waals surface area (Å²) >= 11 is -2.59. The number of carbonyl (C=O) groups excluding carboxylic acids is 1. The van der Waals surface area contributed by atoms with Crippen LogP contribution in [0.4, 0.5) is 0 Å². The first-order chi connectivity index (χ1) is 11.6. The zero-order chi connectivity index (χ0) is 17.8. The van der Waals surface area contributed by atoms with Gasteiger partial charge in [0, 0.05) is 0 Å². The van der Waals surface area contributed by atoms with Crippen LogP contribution in [0.5, 0.6) is 0 Å². The fraction of sp³-hybridized carbons (Fsp3) is 0.667. The fourth-order valence-corrected chi connectivity index (χ4v) is 20.4. The van der Waals surface area contributed by atoms with E-state index in [-0.39, 0.29) is 5.97 Å². The van der Waals surface area contributed by atoms with Gasteiger partial charge in [0.15, 0.2) is 0 Å². The van der Waals surface area contributed by atoms with Crippen LogP contribution in [0.2, 0.25) is 13.3 Å². The summed E-state index contributed by atoms with van der Waals surface area (Å²) in [6, 6.07) is 8.39. The molecule has 0 aromatic heterocycles. The molecule has 136 valence electrons. The second-order valence-corrected chi connectivity index (χ2v) is 20.0. The molecule has 0 spiro atoms. The van der Waals surface area contributed by atoms with Crippen molar-refractivity contribution in [1.29, 1.82) is 0 Å². The Kier molecular flexibility index (Phi) is 10.7. The van der Waals surface area contributed by atoms with Gasteiger partial charge < -0.3 is 0 Å². The Morgan fingerprint density at radius 2 is 1.38 bits per heavy atom. The van der Waals surface area contributed by atoms with Crippen LogP contribution in [-0.2, 0) is 4.74 Å². The second-order valence-electron chi connectivity index (χ2n) is 6.86. The second kappa shape index (κ2) is 11.9. The summed E-state index contributed by atoms with van der Waals surface area (Å²) in [7, 11) is 0. The van der Waals surface area contributed by atoms with Crippen LogP contribution >= 0.6 is 0 Å². The Bertz CT molecular complexity index is 463. The Morgan fingerprint density at radius 3 is 1.83 bits per heavy atom. The van der Waals surface area contributed by atoms with Gasteiger partial charge in [0.05, 0.1) is 0 Å². The molecule has 0 heterocycles. The first-order valence-corrected chi connectivity index (χ1v) is 17.4. The topological polar surface area (TPSA) is 26.3 Å². The molecule has 3 heteroatoms. The third-order valence-electron chi connectivity index (χ3n) is 5.02. The molecule has 0 bridgehead atoms. The number of hydrogen-bond acceptors (Lipinski definition) is 2. The van der Waals surface area contributed by atoms with Crippen LogP contribution in [0.1, 0.15) is 76.6 Å². The van der Waals surface area contributed by atoms with E-state index in [1.165, 1.54) is 55.4 Å². The van der Waals surface area contributed by atoms with E-state index in [9.17, 15) is 4.79 Å². The van der Waals surface area contributed by atoms with E-state index in [1.807, 2.05) is 19.1 Å². The molecule has 1 aromatic carbocycles. The van der Waals surface area contributed by atoms with Crippen molar-refractivity contribution in [3.05, 3.63) is 29.8 Å². The molecule has 0 amide bonds. The van der Waals surface area contributed by atoms with E-state index in [2.05, 4.69) is 32.9 Å². The molecule has 24 heavy (non-hydrogen) atoms. The third kappa shape index (κ3) is 6.09. The van der Waals surface area contributed by atoms with Crippen molar-refractivity contribution in [2.45, 2.75) is 79.5 Å². The van der Waals surface area contributed by atoms with Crippen LogP contribution in [0.3, 0.4) is 0 Å². The monoisotopic (exact) mass is 440 g/mol. The summed E-state index contributed by atoms with van der Waals surface area (Å²) in [5.74, 6) is -0.112. The average Bonchev–Trinajstić information content (AvgIpc) is 2.62. The molecule has 0 fully saturated rings. The average molecular weight is 439 g/mol. The quantitative estimate of drug-likeness (QED) is 0.299. The zero-order valence-electron chi connectivity index (χ0n) is 16.2. The number of hydrogen-bond donors (Lipinski definition) is 0. The van der Waals surface area contributed by atoms with E-state index < -0.39 is 18.4 Å². The maximum absolute atomic E-state index is 12.5. The van der Waals surface area contributed by atoms with Gasteiger partial charge in [-0.05, 0) is 0 Å². The van der Waals surface area contributed by atoms with E-state index in [0.29, 0.717) is 6.61 Å². The van der Waals surface area contributed by atoms with Crippen molar-refractivity contribution in [1.82, 2.24) is 0 Å². The summed E-state index contributed by atoms with van der Waals surface area (Å²) < 4.78 is 10.9. The fourth-order valence-electron chi connectivity index (χ4n) is 3.66. The van der Waals surface area contributed by atoms with Crippen LogP contribution < -0.4 is 3.58 Å². The molecule has 0 saturated carbocycles. The van der Waals surface area contributed by atoms with Gasteiger partial charge in [-0.15, -0.1) is 0 Å². The van der Waals surface area contributed by atoms with Gasteiger partial charge in [0.1, 0.15) is 0 Å². The minimum atomic E-state index is -2.59. The number of rotatable bonds is 12. The molecule has 0 unspecified atom stereocenters. The van der Waals surface area contributed by atoms with Crippen LogP contribution in [0.25, 0.3) is 0 Å². The molecule has 0 atom stereocenters. The van der Waals surface area contributed by atoms with E-state index >= 15 is 0 Å². The standard InChI is InChI=1S/C9H9O2.3C4H9.Sn/c1-2-11-9(10)8-6-4-3-5-7-8;3*1-3-4-2;/h3-6H,2H2,1H3;3*1,3-4H2,2H3;. The predicted molar refractivity (Wildman–Crippen MR) is 107 cm³/mol. The number of benzene rings is 1. The molecule has 0 saturated heterocycles. The Labute approximate surface area is 153 Å². The summed E-state index contributed by atoms with van der Waals surface area (Å²) in [6.45, 7) is 9.20. The van der Waals surface area contributed by atoms with Gasteiger partial charge in [-0.25, -0.2) is 0 Å². The summed E-state index contributed by atoms with van der Waals surface area (Å²) in [5, 5.41) is 0. The summed E-state index contributed by atoms with van der Waals surface area (Å²) in [5.41, 5.74) is 0.874. The number of unbranched alkanes of at least 4 members (excludes halogenated alkanes) is 3. The van der Waals surface area contributed by atoms with Gasteiger partial charge in [-0.3, -0.25) is 0 Å². The maximum atomic E-state index is 12.5. The van der Waals surface area contributed by atoms with Crippen molar-refractivity contribution < 1.29 is 9.53 Å².